The van der Waals surface area contributed by atoms with Crippen molar-refractivity contribution in [3.8, 4) is 5.75 Å². The van der Waals surface area contributed by atoms with Crippen LogP contribution in [-0.2, 0) is 6.42 Å². The number of hydrogen-bond acceptors (Lipinski definition) is 3. The number of methoxy groups -OCH3 is 1. The van der Waals surface area contributed by atoms with Crippen molar-refractivity contribution in [1.29, 1.82) is 0 Å². The van der Waals surface area contributed by atoms with Crippen molar-refractivity contribution in [3.63, 3.8) is 0 Å². The third kappa shape index (κ3) is 2.10. The Hall–Kier alpha value is -2.75. The molecule has 3 aromatic rings. The smallest absolute Gasteiger partial charge is 0.262 e. The topological polar surface area (TPSA) is 42.7 Å². The van der Waals surface area contributed by atoms with E-state index in [1.807, 2.05) is 48.2 Å². The third-order valence-corrected chi connectivity index (χ3v) is 4.71. The number of benzene rings is 2. The average Bonchev–Trinajstić information content (AvgIpc) is 3.08. The van der Waals surface area contributed by atoms with E-state index >= 15 is 0 Å². The quantitative estimate of drug-likeness (QED) is 0.705. The van der Waals surface area contributed by atoms with Crippen LogP contribution in [0, 0.1) is 6.92 Å². The van der Waals surface area contributed by atoms with E-state index in [9.17, 15) is 4.79 Å². The van der Waals surface area contributed by atoms with E-state index in [4.69, 9.17) is 9.15 Å². The number of aryl methyl sites for hydroxylation is 1. The van der Waals surface area contributed by atoms with Crippen molar-refractivity contribution >= 4 is 22.6 Å². The van der Waals surface area contributed by atoms with E-state index in [1.54, 1.807) is 7.11 Å². The molecule has 1 amide bonds. The van der Waals surface area contributed by atoms with Gasteiger partial charge in [-0.2, -0.15) is 0 Å². The van der Waals surface area contributed by atoms with Gasteiger partial charge in [0.2, 0.25) is 0 Å². The van der Waals surface area contributed by atoms with Gasteiger partial charge in [0.25, 0.3) is 5.91 Å². The Morgan fingerprint density at radius 2 is 2.04 bits per heavy atom. The molecule has 0 spiro atoms. The summed E-state index contributed by atoms with van der Waals surface area (Å²) in [4.78, 5) is 15.2. The summed E-state index contributed by atoms with van der Waals surface area (Å²) in [6, 6.07) is 13.8. The maximum absolute atomic E-state index is 13.3. The number of anilines is 1. The number of carbonyl (C=O) groups excluding carboxylic acids is 1. The number of para-hydroxylation sites is 1. The molecule has 1 atom stereocenters. The molecule has 1 aliphatic heterocycles. The summed E-state index contributed by atoms with van der Waals surface area (Å²) in [5.74, 6) is 1.34. The monoisotopic (exact) mass is 321 g/mol. The molecule has 0 fully saturated rings. The molecule has 0 unspecified atom stereocenters. The summed E-state index contributed by atoms with van der Waals surface area (Å²) in [5.41, 5.74) is 3.53. The molecule has 0 bridgehead atoms. The number of carbonyl (C=O) groups is 1. The normalized spacial score (nSPS) is 16.5. The summed E-state index contributed by atoms with van der Waals surface area (Å²) >= 11 is 0. The fraction of sp³-hybridized carbons (Fsp3) is 0.250. The molecular weight excluding hydrogens is 302 g/mol. The SMILES string of the molecule is COc1ccc2oc(C)c(C(=O)N3c4ccccc4C[C@H]3C)c2c1. The van der Waals surface area contributed by atoms with Crippen LogP contribution in [0.25, 0.3) is 11.0 Å². The minimum absolute atomic E-state index is 0.0167. The second kappa shape index (κ2) is 5.41. The summed E-state index contributed by atoms with van der Waals surface area (Å²) < 4.78 is 11.1. The molecular formula is C20H19NO3. The van der Waals surface area contributed by atoms with E-state index in [2.05, 4.69) is 13.0 Å². The van der Waals surface area contributed by atoms with Crippen molar-refractivity contribution in [1.82, 2.24) is 0 Å². The molecule has 0 N–H and O–H groups in total. The van der Waals surface area contributed by atoms with E-state index in [0.29, 0.717) is 22.7 Å². The lowest BCUT2D eigenvalue weighted by Crippen LogP contribution is -2.35. The van der Waals surface area contributed by atoms with E-state index in [-0.39, 0.29) is 11.9 Å². The van der Waals surface area contributed by atoms with Crippen LogP contribution in [0.3, 0.4) is 0 Å². The number of ether oxygens (including phenoxy) is 1. The van der Waals surface area contributed by atoms with Crippen LogP contribution < -0.4 is 9.64 Å². The third-order valence-electron chi connectivity index (χ3n) is 4.71. The first-order chi connectivity index (χ1) is 11.6. The Bertz CT molecular complexity index is 941. The lowest BCUT2D eigenvalue weighted by atomic mass is 10.1. The summed E-state index contributed by atoms with van der Waals surface area (Å²) in [6.45, 7) is 3.92. The average molecular weight is 321 g/mol. The summed E-state index contributed by atoms with van der Waals surface area (Å²) in [5, 5.41) is 0.799. The van der Waals surface area contributed by atoms with Crippen molar-refractivity contribution in [3.05, 3.63) is 59.4 Å². The van der Waals surface area contributed by atoms with Crippen molar-refractivity contribution in [2.75, 3.05) is 12.0 Å². The van der Waals surface area contributed by atoms with Crippen molar-refractivity contribution < 1.29 is 13.9 Å². The van der Waals surface area contributed by atoms with Crippen molar-refractivity contribution in [2.45, 2.75) is 26.3 Å². The highest BCUT2D eigenvalue weighted by Crippen LogP contribution is 2.36. The first-order valence-electron chi connectivity index (χ1n) is 8.08. The number of fused-ring (bicyclic) bond motifs is 2. The van der Waals surface area contributed by atoms with E-state index in [0.717, 1.165) is 17.5 Å². The Labute approximate surface area is 140 Å². The van der Waals surface area contributed by atoms with Gasteiger partial charge in [-0.25, -0.2) is 0 Å². The minimum atomic E-state index is -0.0167. The van der Waals surface area contributed by atoms with Crippen LogP contribution in [0.4, 0.5) is 5.69 Å². The maximum Gasteiger partial charge on any atom is 0.262 e. The lowest BCUT2D eigenvalue weighted by molar-refractivity contribution is 0.0981. The van der Waals surface area contributed by atoms with Gasteiger partial charge in [0.15, 0.2) is 0 Å². The molecule has 0 radical (unpaired) electrons. The van der Waals surface area contributed by atoms with Gasteiger partial charge in [-0.05, 0) is 50.1 Å². The molecule has 122 valence electrons. The zero-order valence-electron chi connectivity index (χ0n) is 14.0. The number of amides is 1. The van der Waals surface area contributed by atoms with Gasteiger partial charge in [-0.15, -0.1) is 0 Å². The standard InChI is InChI=1S/C20H19NO3/c1-12-10-14-6-4-5-7-17(14)21(12)20(22)19-13(2)24-18-9-8-15(23-3)11-16(18)19/h4-9,11-12H,10H2,1-3H3/t12-/m1/s1. The fourth-order valence-electron chi connectivity index (χ4n) is 3.59. The van der Waals surface area contributed by atoms with Gasteiger partial charge in [0.1, 0.15) is 17.1 Å². The second-order valence-electron chi connectivity index (χ2n) is 6.25. The lowest BCUT2D eigenvalue weighted by Gasteiger charge is -2.22. The molecule has 2 heterocycles. The molecule has 1 aromatic heterocycles. The minimum Gasteiger partial charge on any atom is -0.497 e. The van der Waals surface area contributed by atoms with Crippen molar-refractivity contribution in [2.24, 2.45) is 0 Å². The highest BCUT2D eigenvalue weighted by atomic mass is 16.5. The Kier molecular flexibility index (Phi) is 3.34. The predicted molar refractivity (Wildman–Crippen MR) is 93.9 cm³/mol. The van der Waals surface area contributed by atoms with Crippen LogP contribution in [-0.4, -0.2) is 19.1 Å². The maximum atomic E-state index is 13.3. The number of furan rings is 1. The Morgan fingerprint density at radius 1 is 1.25 bits per heavy atom. The molecule has 0 saturated heterocycles. The molecule has 1 aliphatic rings. The van der Waals surface area contributed by atoms with Gasteiger partial charge in [-0.3, -0.25) is 4.79 Å². The van der Waals surface area contributed by atoms with Crippen LogP contribution in [0.1, 0.15) is 28.6 Å². The summed E-state index contributed by atoms with van der Waals surface area (Å²) in [7, 11) is 1.62. The van der Waals surface area contributed by atoms with Gasteiger partial charge in [0.05, 0.1) is 12.7 Å². The van der Waals surface area contributed by atoms with E-state index < -0.39 is 0 Å². The van der Waals surface area contributed by atoms with Crippen LogP contribution >= 0.6 is 0 Å². The second-order valence-corrected chi connectivity index (χ2v) is 6.25. The van der Waals surface area contributed by atoms with Gasteiger partial charge in [-0.1, -0.05) is 18.2 Å². The zero-order valence-corrected chi connectivity index (χ0v) is 14.0. The molecule has 0 saturated carbocycles. The van der Waals surface area contributed by atoms with Gasteiger partial charge < -0.3 is 14.1 Å². The number of rotatable bonds is 2. The molecule has 24 heavy (non-hydrogen) atoms. The molecule has 2 aromatic carbocycles. The molecule has 0 aliphatic carbocycles. The van der Waals surface area contributed by atoms with Crippen LogP contribution in [0.2, 0.25) is 0 Å². The molecule has 4 heteroatoms. The number of hydrogen-bond donors (Lipinski definition) is 0. The van der Waals surface area contributed by atoms with Crippen LogP contribution in [0.15, 0.2) is 46.9 Å². The molecule has 4 rings (SSSR count). The number of nitrogens with zero attached hydrogens (tertiary/aromatic N) is 1. The Balaban J connectivity index is 1.86. The van der Waals surface area contributed by atoms with Gasteiger partial charge in [0, 0.05) is 17.1 Å². The predicted octanol–water partition coefficient (Wildman–Crippen LogP) is 4.34. The fourth-order valence-corrected chi connectivity index (χ4v) is 3.59. The van der Waals surface area contributed by atoms with E-state index in [1.165, 1.54) is 5.56 Å². The largest absolute Gasteiger partial charge is 0.497 e. The highest BCUT2D eigenvalue weighted by molar-refractivity contribution is 6.15. The van der Waals surface area contributed by atoms with Crippen LogP contribution in [0.5, 0.6) is 5.75 Å². The van der Waals surface area contributed by atoms with Gasteiger partial charge >= 0.3 is 0 Å². The highest BCUT2D eigenvalue weighted by Gasteiger charge is 2.33. The Morgan fingerprint density at radius 3 is 2.83 bits per heavy atom. The molecule has 4 nitrogen and oxygen atoms in total. The summed E-state index contributed by atoms with van der Waals surface area (Å²) in [6.07, 6.45) is 0.875. The zero-order chi connectivity index (χ0) is 16.8. The first-order valence-corrected chi connectivity index (χ1v) is 8.08. The first kappa shape index (κ1) is 14.8.